The molecule has 0 aromatic heterocycles. The van der Waals surface area contributed by atoms with Crippen LogP contribution in [0.15, 0.2) is 0 Å². The highest BCUT2D eigenvalue weighted by Crippen LogP contribution is 2.13. The van der Waals surface area contributed by atoms with Crippen molar-refractivity contribution in [1.29, 1.82) is 0 Å². The summed E-state index contributed by atoms with van der Waals surface area (Å²) in [6, 6.07) is -0.277. The van der Waals surface area contributed by atoms with E-state index in [9.17, 15) is 9.90 Å². The minimum absolute atomic E-state index is 0.277. The average molecular weight is 175 g/mol. The lowest BCUT2D eigenvalue weighted by Gasteiger charge is -2.35. The first-order chi connectivity index (χ1) is 5.57. The zero-order chi connectivity index (χ0) is 9.30. The number of amides is 1. The van der Waals surface area contributed by atoms with E-state index in [4.69, 9.17) is 9.84 Å². The number of rotatable bonds is 1. The number of ether oxygens (including phenoxy) is 1. The van der Waals surface area contributed by atoms with E-state index in [-0.39, 0.29) is 6.04 Å². The van der Waals surface area contributed by atoms with E-state index in [0.717, 1.165) is 0 Å². The zero-order valence-corrected chi connectivity index (χ0v) is 7.02. The van der Waals surface area contributed by atoms with Crippen LogP contribution in [-0.4, -0.2) is 47.6 Å². The summed E-state index contributed by atoms with van der Waals surface area (Å²) in [7, 11) is 1.43. The number of aliphatic hydroxyl groups excluding tert-OH is 2. The van der Waals surface area contributed by atoms with Gasteiger partial charge < -0.3 is 20.3 Å². The van der Waals surface area contributed by atoms with E-state index >= 15 is 0 Å². The summed E-state index contributed by atoms with van der Waals surface area (Å²) in [6.07, 6.45) is -3.07. The second kappa shape index (κ2) is 3.38. The summed E-state index contributed by atoms with van der Waals surface area (Å²) in [5, 5.41) is 21.0. The molecular formula is C7H13NO4. The maximum Gasteiger partial charge on any atom is 0.251 e. The Morgan fingerprint density at radius 1 is 1.50 bits per heavy atom. The molecule has 0 unspecified atom stereocenters. The third-order valence-corrected chi connectivity index (χ3v) is 2.06. The van der Waals surface area contributed by atoms with Gasteiger partial charge in [0.25, 0.3) is 5.91 Å². The molecule has 3 N–H and O–H groups in total. The number of nitrogens with one attached hydrogen (secondary N) is 1. The Hall–Kier alpha value is -0.650. The molecule has 0 spiro atoms. The number of piperidine rings is 1. The van der Waals surface area contributed by atoms with Gasteiger partial charge in [0.15, 0.2) is 6.10 Å². The Morgan fingerprint density at radius 2 is 2.08 bits per heavy atom. The molecule has 1 saturated heterocycles. The number of hydrogen-bond donors (Lipinski definition) is 3. The average Bonchev–Trinajstić information content (AvgIpc) is 2.01. The van der Waals surface area contributed by atoms with Crippen LogP contribution in [0.4, 0.5) is 0 Å². The van der Waals surface area contributed by atoms with E-state index in [2.05, 4.69) is 5.32 Å². The standard InChI is InChI=1S/C7H13NO4/c1-3-6(12-2)4(9)5(10)7(11)8-3/h3-6,9-10H,1-2H3,(H,8,11)/t3-,4-,5-,6-/m1/s1. The summed E-state index contributed by atoms with van der Waals surface area (Å²) >= 11 is 0. The largest absolute Gasteiger partial charge is 0.387 e. The Balaban J connectivity index is 2.72. The molecule has 5 nitrogen and oxygen atoms in total. The second-order valence-electron chi connectivity index (χ2n) is 2.93. The highest BCUT2D eigenvalue weighted by molar-refractivity contribution is 5.82. The monoisotopic (exact) mass is 175 g/mol. The van der Waals surface area contributed by atoms with Crippen LogP contribution in [0.1, 0.15) is 6.92 Å². The van der Waals surface area contributed by atoms with Gasteiger partial charge in [-0.25, -0.2) is 0 Å². The van der Waals surface area contributed by atoms with Crippen molar-refractivity contribution in [3.8, 4) is 0 Å². The molecule has 4 atom stereocenters. The normalized spacial score (nSPS) is 42.5. The number of methoxy groups -OCH3 is 1. The van der Waals surface area contributed by atoms with Crippen LogP contribution in [0.5, 0.6) is 0 Å². The number of carbonyl (C=O) groups is 1. The lowest BCUT2D eigenvalue weighted by molar-refractivity contribution is -0.155. The molecule has 1 aliphatic rings. The number of aliphatic hydroxyl groups is 2. The first-order valence-electron chi connectivity index (χ1n) is 3.77. The molecule has 0 aromatic rings. The van der Waals surface area contributed by atoms with E-state index in [1.54, 1.807) is 6.92 Å². The van der Waals surface area contributed by atoms with Crippen molar-refractivity contribution in [1.82, 2.24) is 5.32 Å². The van der Waals surface area contributed by atoms with Gasteiger partial charge in [-0.2, -0.15) is 0 Å². The molecular weight excluding hydrogens is 162 g/mol. The number of hydrogen-bond acceptors (Lipinski definition) is 4. The SMILES string of the molecule is CO[C@H]1[C@H](O)[C@@H](O)C(=O)N[C@@H]1C. The first-order valence-corrected chi connectivity index (χ1v) is 3.77. The van der Waals surface area contributed by atoms with Crippen LogP contribution in [0.25, 0.3) is 0 Å². The third kappa shape index (κ3) is 1.43. The molecule has 1 aliphatic heterocycles. The topological polar surface area (TPSA) is 78.8 Å². The fourth-order valence-electron chi connectivity index (χ4n) is 1.37. The molecule has 1 rings (SSSR count). The Morgan fingerprint density at radius 3 is 2.58 bits per heavy atom. The molecule has 1 heterocycles. The maximum atomic E-state index is 10.9. The Bertz CT molecular complexity index is 184. The van der Waals surface area contributed by atoms with Crippen LogP contribution in [0.3, 0.4) is 0 Å². The van der Waals surface area contributed by atoms with E-state index in [1.807, 2.05) is 0 Å². The minimum atomic E-state index is -1.38. The molecule has 0 aromatic carbocycles. The van der Waals surface area contributed by atoms with Gasteiger partial charge in [-0.15, -0.1) is 0 Å². The summed E-state index contributed by atoms with van der Waals surface area (Å²) in [4.78, 5) is 10.9. The van der Waals surface area contributed by atoms with Crippen molar-refractivity contribution in [3.63, 3.8) is 0 Å². The quantitative estimate of drug-likeness (QED) is 0.441. The minimum Gasteiger partial charge on any atom is -0.387 e. The van der Waals surface area contributed by atoms with E-state index < -0.39 is 24.2 Å². The fourth-order valence-corrected chi connectivity index (χ4v) is 1.37. The van der Waals surface area contributed by atoms with Crippen LogP contribution >= 0.6 is 0 Å². The van der Waals surface area contributed by atoms with Gasteiger partial charge in [0.05, 0.1) is 6.04 Å². The second-order valence-corrected chi connectivity index (χ2v) is 2.93. The van der Waals surface area contributed by atoms with Crippen molar-refractivity contribution < 1.29 is 19.7 Å². The lowest BCUT2D eigenvalue weighted by Crippen LogP contribution is -2.62. The van der Waals surface area contributed by atoms with Crippen LogP contribution in [0, 0.1) is 0 Å². The summed E-state index contributed by atoms with van der Waals surface area (Å²) < 4.78 is 4.91. The summed E-state index contributed by atoms with van der Waals surface area (Å²) in [5.41, 5.74) is 0. The van der Waals surface area contributed by atoms with Crippen molar-refractivity contribution >= 4 is 5.91 Å². The van der Waals surface area contributed by atoms with Gasteiger partial charge in [0.2, 0.25) is 0 Å². The summed E-state index contributed by atoms with van der Waals surface area (Å²) in [5.74, 6) is -0.552. The molecule has 1 amide bonds. The third-order valence-electron chi connectivity index (χ3n) is 2.06. The summed E-state index contributed by atoms with van der Waals surface area (Å²) in [6.45, 7) is 1.71. The van der Waals surface area contributed by atoms with Crippen molar-refractivity contribution in [3.05, 3.63) is 0 Å². The number of carbonyl (C=O) groups excluding carboxylic acids is 1. The van der Waals surface area contributed by atoms with Crippen molar-refractivity contribution in [2.45, 2.75) is 31.3 Å². The van der Waals surface area contributed by atoms with Crippen LogP contribution in [-0.2, 0) is 9.53 Å². The Kier molecular flexibility index (Phi) is 2.66. The lowest BCUT2D eigenvalue weighted by atomic mass is 9.96. The maximum absolute atomic E-state index is 10.9. The molecule has 0 saturated carbocycles. The first kappa shape index (κ1) is 9.44. The van der Waals surface area contributed by atoms with Gasteiger partial charge in [-0.3, -0.25) is 4.79 Å². The molecule has 12 heavy (non-hydrogen) atoms. The van der Waals surface area contributed by atoms with Gasteiger partial charge in [-0.05, 0) is 6.92 Å². The predicted octanol–water partition coefficient (Wildman–Crippen LogP) is -1.76. The highest BCUT2D eigenvalue weighted by Gasteiger charge is 2.40. The Labute approximate surface area is 70.3 Å². The predicted molar refractivity (Wildman–Crippen MR) is 40.4 cm³/mol. The molecule has 70 valence electrons. The molecule has 0 radical (unpaired) electrons. The van der Waals surface area contributed by atoms with Gasteiger partial charge in [0.1, 0.15) is 12.2 Å². The molecule has 5 heteroatoms. The van der Waals surface area contributed by atoms with Crippen molar-refractivity contribution in [2.24, 2.45) is 0 Å². The van der Waals surface area contributed by atoms with Gasteiger partial charge >= 0.3 is 0 Å². The molecule has 1 fully saturated rings. The van der Waals surface area contributed by atoms with Crippen molar-refractivity contribution in [2.75, 3.05) is 7.11 Å². The zero-order valence-electron chi connectivity index (χ0n) is 7.02. The van der Waals surface area contributed by atoms with Crippen LogP contribution in [0.2, 0.25) is 0 Å². The van der Waals surface area contributed by atoms with E-state index in [0.29, 0.717) is 0 Å². The van der Waals surface area contributed by atoms with E-state index in [1.165, 1.54) is 7.11 Å². The molecule has 0 aliphatic carbocycles. The smallest absolute Gasteiger partial charge is 0.251 e. The highest BCUT2D eigenvalue weighted by atomic mass is 16.5. The van der Waals surface area contributed by atoms with Crippen LogP contribution < -0.4 is 5.32 Å². The molecule has 0 bridgehead atoms. The fraction of sp³-hybridized carbons (Fsp3) is 0.857. The van der Waals surface area contributed by atoms with Gasteiger partial charge in [0, 0.05) is 7.11 Å². The van der Waals surface area contributed by atoms with Gasteiger partial charge in [-0.1, -0.05) is 0 Å².